The first-order valence-electron chi connectivity index (χ1n) is 9.67. The molecule has 0 aliphatic carbocycles. The van der Waals surface area contributed by atoms with Gasteiger partial charge in [0.1, 0.15) is 11.9 Å². The van der Waals surface area contributed by atoms with Gasteiger partial charge in [0.25, 0.3) is 0 Å². The predicted octanol–water partition coefficient (Wildman–Crippen LogP) is 2.23. The van der Waals surface area contributed by atoms with Crippen LogP contribution in [0.2, 0.25) is 10.0 Å². The van der Waals surface area contributed by atoms with Gasteiger partial charge >= 0.3 is 11.9 Å². The summed E-state index contributed by atoms with van der Waals surface area (Å²) in [6.07, 6.45) is 1.36. The van der Waals surface area contributed by atoms with Crippen LogP contribution in [0.5, 0.6) is 0 Å². The molecule has 2 aromatic heterocycles. The monoisotopic (exact) mass is 481 g/mol. The smallest absolute Gasteiger partial charge is 0.379 e. The molecule has 0 amide bonds. The Balaban J connectivity index is 2.20. The fourth-order valence-electron chi connectivity index (χ4n) is 3.25. The number of rotatable bonds is 8. The second-order valence-corrected chi connectivity index (χ2v) is 7.39. The lowest BCUT2D eigenvalue weighted by Crippen LogP contribution is -3.01. The minimum Gasteiger partial charge on any atom is -0.592 e. The maximum Gasteiger partial charge on any atom is 0.379 e. The van der Waals surface area contributed by atoms with Crippen LogP contribution in [0.25, 0.3) is 11.3 Å². The Morgan fingerprint density at radius 3 is 2.59 bits per heavy atom. The fraction of sp³-hybridized carbons (Fsp3) is 0.300. The number of hydrogen-bond donors (Lipinski definition) is 1. The van der Waals surface area contributed by atoms with Crippen molar-refractivity contribution in [1.82, 2.24) is 19.3 Å². The van der Waals surface area contributed by atoms with E-state index in [-0.39, 0.29) is 29.7 Å². The summed E-state index contributed by atoms with van der Waals surface area (Å²) in [5.74, 6) is -0.841. The summed E-state index contributed by atoms with van der Waals surface area (Å²) in [5.41, 5.74) is 0.785. The number of nitrogens with one attached hydrogen (secondary N) is 1. The van der Waals surface area contributed by atoms with Gasteiger partial charge in [0.15, 0.2) is 5.43 Å². The average molecular weight is 482 g/mol. The predicted molar refractivity (Wildman–Crippen MR) is 118 cm³/mol. The van der Waals surface area contributed by atoms with Crippen molar-refractivity contribution in [2.45, 2.75) is 26.9 Å². The van der Waals surface area contributed by atoms with Gasteiger partial charge in [-0.1, -0.05) is 34.4 Å². The normalized spacial score (nSPS) is 12.1. The molecule has 0 spiro atoms. The zero-order valence-electron chi connectivity index (χ0n) is 17.6. The van der Waals surface area contributed by atoms with Gasteiger partial charge in [-0.05, 0) is 26.0 Å². The molecule has 0 fully saturated rings. The number of carbonyl (C=O) groups excluding carboxylic acids is 1. The maximum absolute atomic E-state index is 13.0. The number of esters is 1. The molecule has 1 N–H and O–H groups in total. The topological polar surface area (TPSA) is 116 Å². The van der Waals surface area contributed by atoms with Crippen molar-refractivity contribution in [3.8, 4) is 11.3 Å². The first kappa shape index (κ1) is 23.9. The van der Waals surface area contributed by atoms with Gasteiger partial charge in [-0.25, -0.2) is 9.48 Å². The van der Waals surface area contributed by atoms with Crippen LogP contribution in [0.15, 0.2) is 35.4 Å². The van der Waals surface area contributed by atoms with Gasteiger partial charge in [0, 0.05) is 23.9 Å². The Labute approximate surface area is 193 Å². The zero-order valence-corrected chi connectivity index (χ0v) is 19.1. The van der Waals surface area contributed by atoms with E-state index >= 15 is 0 Å². The molecule has 3 aromatic rings. The van der Waals surface area contributed by atoms with Gasteiger partial charge in [-0.3, -0.25) is 4.79 Å². The van der Waals surface area contributed by atoms with Crippen LogP contribution >= 0.6 is 23.2 Å². The number of halogens is 2. The molecule has 1 unspecified atom stereocenters. The van der Waals surface area contributed by atoms with Crippen molar-refractivity contribution in [3.63, 3.8) is 0 Å². The molecule has 2 heterocycles. The van der Waals surface area contributed by atoms with E-state index in [0.29, 0.717) is 28.5 Å². The highest BCUT2D eigenvalue weighted by atomic mass is 35.5. The number of carbonyl (C=O) groups is 1. The van der Waals surface area contributed by atoms with Gasteiger partial charge in [-0.2, -0.15) is 15.0 Å². The van der Waals surface area contributed by atoms with Crippen LogP contribution in [0.1, 0.15) is 29.9 Å². The zero-order chi connectivity index (χ0) is 23.4. The van der Waals surface area contributed by atoms with Crippen molar-refractivity contribution in [2.24, 2.45) is 0 Å². The molecule has 0 bridgehead atoms. The lowest BCUT2D eigenvalue weighted by molar-refractivity contribution is -0.996. The molecule has 0 saturated heterocycles. The molecule has 12 heteroatoms. The van der Waals surface area contributed by atoms with Crippen LogP contribution in [-0.4, -0.2) is 39.0 Å². The van der Waals surface area contributed by atoms with E-state index in [1.54, 1.807) is 29.7 Å². The number of pyridine rings is 1. The van der Waals surface area contributed by atoms with E-state index in [2.05, 4.69) is 14.9 Å². The number of ether oxygens (including phenoxy) is 1. The molecule has 0 aliphatic rings. The lowest BCUT2D eigenvalue weighted by Gasteiger charge is -2.20. The number of nitrogens with zero attached hydrogens (tertiary/aromatic N) is 4. The summed E-state index contributed by atoms with van der Waals surface area (Å²) < 4.78 is 8.32. The van der Waals surface area contributed by atoms with E-state index in [9.17, 15) is 14.8 Å². The highest BCUT2D eigenvalue weighted by Crippen LogP contribution is 2.31. The average Bonchev–Trinajstić information content (AvgIpc) is 3.23. The number of quaternary nitrogens is 1. The molecular formula is C20H21Cl2N5O5. The van der Waals surface area contributed by atoms with Gasteiger partial charge in [0.2, 0.25) is 0 Å². The van der Waals surface area contributed by atoms with Gasteiger partial charge < -0.3 is 14.5 Å². The second kappa shape index (κ2) is 10.2. The largest absolute Gasteiger partial charge is 0.592 e. The number of benzene rings is 1. The molecule has 3 rings (SSSR count). The van der Waals surface area contributed by atoms with Crippen molar-refractivity contribution in [1.29, 1.82) is 0 Å². The molecule has 10 nitrogen and oxygen atoms in total. The highest BCUT2D eigenvalue weighted by molar-refractivity contribution is 6.42. The van der Waals surface area contributed by atoms with E-state index < -0.39 is 16.6 Å². The number of hydrogen-bond acceptors (Lipinski definition) is 7. The second-order valence-electron chi connectivity index (χ2n) is 6.57. The van der Waals surface area contributed by atoms with Crippen LogP contribution in [0.3, 0.4) is 0 Å². The van der Waals surface area contributed by atoms with Crippen LogP contribution in [0, 0.1) is 5.21 Å². The Morgan fingerprint density at radius 1 is 1.22 bits per heavy atom. The summed E-state index contributed by atoms with van der Waals surface area (Å²) in [5, 5.41) is 15.7. The molecular weight excluding hydrogens is 461 g/mol. The maximum atomic E-state index is 13.0. The molecule has 170 valence electrons. The van der Waals surface area contributed by atoms with Gasteiger partial charge in [0.05, 0.1) is 36.0 Å². The Hall–Kier alpha value is -2.76. The summed E-state index contributed by atoms with van der Waals surface area (Å²) in [6, 6.07) is 6.19. The van der Waals surface area contributed by atoms with E-state index in [4.69, 9.17) is 27.9 Å². The van der Waals surface area contributed by atoms with Crippen molar-refractivity contribution >= 4 is 35.1 Å². The quantitative estimate of drug-likeness (QED) is 0.387. The molecule has 32 heavy (non-hydrogen) atoms. The Bertz CT molecular complexity index is 1190. The molecule has 0 aliphatic heterocycles. The summed E-state index contributed by atoms with van der Waals surface area (Å²) >= 11 is 12.3. The van der Waals surface area contributed by atoms with Crippen LogP contribution in [0.4, 0.5) is 5.95 Å². The third-order valence-electron chi connectivity index (χ3n) is 4.61. The Morgan fingerprint density at radius 2 is 1.97 bits per heavy atom. The summed E-state index contributed by atoms with van der Waals surface area (Å²) in [7, 11) is 1.23. The van der Waals surface area contributed by atoms with E-state index in [1.165, 1.54) is 24.2 Å². The standard InChI is InChI=1S/C20H21Cl2N5O5/c1-4-26-13(10-25-11-23-20(24-25)27(30)31-3)9-16(28)17(19(29)32-5-2)18(26)12-6-7-14(21)15(22)8-12/h6-9,11,27H,4-5,10H2,1-3H3. The SMILES string of the molecule is CCOC(=O)c1c(-c2ccc(Cl)c(Cl)c2)n(CC)c(Cn2cnc([NH+]([O-])OC)n2)cc1=O. The Kier molecular flexibility index (Phi) is 7.64. The van der Waals surface area contributed by atoms with Crippen molar-refractivity contribution in [2.75, 3.05) is 13.7 Å². The van der Waals surface area contributed by atoms with Crippen LogP contribution in [-0.2, 0) is 22.7 Å². The van der Waals surface area contributed by atoms with Crippen molar-refractivity contribution < 1.29 is 19.6 Å². The molecule has 1 atom stereocenters. The van der Waals surface area contributed by atoms with E-state index in [1.807, 2.05) is 6.92 Å². The lowest BCUT2D eigenvalue weighted by atomic mass is 10.0. The molecule has 1 aromatic carbocycles. The van der Waals surface area contributed by atoms with E-state index in [0.717, 1.165) is 0 Å². The van der Waals surface area contributed by atoms with Crippen molar-refractivity contribution in [3.05, 3.63) is 67.3 Å². The van der Waals surface area contributed by atoms with Crippen LogP contribution < -0.4 is 10.7 Å². The fourth-order valence-corrected chi connectivity index (χ4v) is 3.55. The molecule has 0 saturated carbocycles. The minimum atomic E-state index is -0.735. The first-order valence-corrected chi connectivity index (χ1v) is 10.4. The third kappa shape index (κ3) is 4.84. The molecule has 0 radical (unpaired) electrons. The highest BCUT2D eigenvalue weighted by Gasteiger charge is 2.24. The summed E-state index contributed by atoms with van der Waals surface area (Å²) in [4.78, 5) is 34.3. The van der Waals surface area contributed by atoms with Gasteiger partial charge in [-0.15, -0.1) is 0 Å². The minimum absolute atomic E-state index is 0.106. The first-order chi connectivity index (χ1) is 15.3. The third-order valence-corrected chi connectivity index (χ3v) is 5.35. The summed E-state index contributed by atoms with van der Waals surface area (Å²) in [6.45, 7) is 4.17. The number of aromatic nitrogens is 4.